The number of carbonyl (C=O) groups is 2. The van der Waals surface area contributed by atoms with Gasteiger partial charge in [0.2, 0.25) is 0 Å². The molecule has 2 atom stereocenters. The minimum Gasteiger partial charge on any atom is -0.469 e. The quantitative estimate of drug-likeness (QED) is 0.374. The second kappa shape index (κ2) is 8.74. The molecule has 4 N–H and O–H groups in total. The molecule has 1 amide bonds. The number of nitrogens with one attached hydrogen (secondary N) is 2. The lowest BCUT2D eigenvalue weighted by molar-refractivity contribution is -0.139. The number of hydrogen-bond donors (Lipinski definition) is 3. The van der Waals surface area contributed by atoms with E-state index in [1.54, 1.807) is 29.2 Å². The van der Waals surface area contributed by atoms with Crippen LogP contribution in [0.2, 0.25) is 0 Å². The molecule has 1 aliphatic rings. The number of hydrogen-bond acceptors (Lipinski definition) is 6. The Morgan fingerprint density at radius 2 is 1.93 bits per heavy atom. The molecule has 0 aromatic heterocycles. The fraction of sp³-hybridized carbons (Fsp3) is 0.286. The number of methoxy groups -OCH3 is 1. The lowest BCUT2D eigenvalue weighted by Crippen LogP contribution is -2.33. The van der Waals surface area contributed by atoms with Crippen molar-refractivity contribution in [2.45, 2.75) is 18.6 Å². The Balaban J connectivity index is 1.73. The molecule has 0 aliphatic carbocycles. The van der Waals surface area contributed by atoms with Crippen molar-refractivity contribution in [1.82, 2.24) is 5.32 Å². The SMILES string of the molecule is CNC(c1ccc(CC(=O)OC)cc1)C1CN(c2ccc(C(=N)N)cc2)C(=O)O1. The Hall–Kier alpha value is -3.39. The largest absolute Gasteiger partial charge is 0.469 e. The minimum atomic E-state index is -0.423. The normalized spacial score (nSPS) is 17.0. The average Bonchev–Trinajstić information content (AvgIpc) is 3.11. The highest BCUT2D eigenvalue weighted by atomic mass is 16.6. The van der Waals surface area contributed by atoms with Crippen LogP contribution < -0.4 is 16.0 Å². The zero-order chi connectivity index (χ0) is 21.0. The maximum absolute atomic E-state index is 12.4. The summed E-state index contributed by atoms with van der Waals surface area (Å²) in [5, 5.41) is 10.7. The number of esters is 1. The van der Waals surface area contributed by atoms with Crippen molar-refractivity contribution in [2.75, 3.05) is 25.6 Å². The van der Waals surface area contributed by atoms with Crippen molar-refractivity contribution in [3.63, 3.8) is 0 Å². The number of benzene rings is 2. The number of nitrogens with two attached hydrogens (primary N) is 1. The topological polar surface area (TPSA) is 118 Å². The number of likely N-dealkylation sites (N-methyl/N-ethyl adjacent to an activating group) is 1. The number of carbonyl (C=O) groups excluding carboxylic acids is 2. The molecule has 0 radical (unpaired) electrons. The molecule has 1 fully saturated rings. The van der Waals surface area contributed by atoms with Crippen molar-refractivity contribution in [3.8, 4) is 0 Å². The molecule has 0 spiro atoms. The smallest absolute Gasteiger partial charge is 0.414 e. The highest BCUT2D eigenvalue weighted by molar-refractivity contribution is 5.96. The number of amides is 1. The first-order valence-corrected chi connectivity index (χ1v) is 9.18. The first-order valence-electron chi connectivity index (χ1n) is 9.18. The van der Waals surface area contributed by atoms with Crippen molar-refractivity contribution in [3.05, 3.63) is 65.2 Å². The summed E-state index contributed by atoms with van der Waals surface area (Å²) in [5.41, 5.74) is 8.56. The van der Waals surface area contributed by atoms with Crippen LogP contribution in [0.25, 0.3) is 0 Å². The maximum Gasteiger partial charge on any atom is 0.414 e. The molecule has 8 heteroatoms. The van der Waals surface area contributed by atoms with Crippen LogP contribution >= 0.6 is 0 Å². The van der Waals surface area contributed by atoms with E-state index in [9.17, 15) is 9.59 Å². The van der Waals surface area contributed by atoms with Gasteiger partial charge in [-0.1, -0.05) is 24.3 Å². The molecule has 3 rings (SSSR count). The van der Waals surface area contributed by atoms with Crippen molar-refractivity contribution < 1.29 is 19.1 Å². The lowest BCUT2D eigenvalue weighted by Gasteiger charge is -2.22. The predicted octanol–water partition coefficient (Wildman–Crippen LogP) is 1.97. The molecule has 2 aromatic carbocycles. The van der Waals surface area contributed by atoms with Crippen LogP contribution in [0.5, 0.6) is 0 Å². The second-order valence-corrected chi connectivity index (χ2v) is 6.75. The van der Waals surface area contributed by atoms with E-state index in [1.165, 1.54) is 7.11 Å². The fourth-order valence-corrected chi connectivity index (χ4v) is 3.34. The minimum absolute atomic E-state index is 0.0238. The van der Waals surface area contributed by atoms with Crippen molar-refractivity contribution >= 4 is 23.6 Å². The highest BCUT2D eigenvalue weighted by Crippen LogP contribution is 2.29. The van der Waals surface area contributed by atoms with Gasteiger partial charge in [0.25, 0.3) is 0 Å². The van der Waals surface area contributed by atoms with E-state index in [0.717, 1.165) is 11.1 Å². The number of cyclic esters (lactones) is 1. The Bertz CT molecular complexity index is 896. The molecule has 2 aromatic rings. The number of ether oxygens (including phenoxy) is 2. The summed E-state index contributed by atoms with van der Waals surface area (Å²) in [6, 6.07) is 14.3. The van der Waals surface area contributed by atoms with Gasteiger partial charge in [0.1, 0.15) is 11.9 Å². The summed E-state index contributed by atoms with van der Waals surface area (Å²) in [6.07, 6.45) is -0.594. The number of nitrogens with zero attached hydrogens (tertiary/aromatic N) is 1. The van der Waals surface area contributed by atoms with E-state index < -0.39 is 6.09 Å². The number of amidine groups is 1. The number of anilines is 1. The van der Waals surface area contributed by atoms with Gasteiger partial charge in [-0.15, -0.1) is 0 Å². The maximum atomic E-state index is 12.4. The molecular weight excluding hydrogens is 372 g/mol. The Labute approximate surface area is 169 Å². The number of nitrogen functional groups attached to an aromatic ring is 1. The average molecular weight is 396 g/mol. The van der Waals surface area contributed by atoms with Gasteiger partial charge >= 0.3 is 12.1 Å². The molecule has 152 valence electrons. The van der Waals surface area contributed by atoms with Crippen LogP contribution in [-0.4, -0.2) is 44.7 Å². The summed E-state index contributed by atoms with van der Waals surface area (Å²) in [6.45, 7) is 0.383. The molecule has 29 heavy (non-hydrogen) atoms. The van der Waals surface area contributed by atoms with Gasteiger partial charge in [-0.05, 0) is 42.4 Å². The molecule has 2 unspecified atom stereocenters. The van der Waals surface area contributed by atoms with Crippen LogP contribution in [0.4, 0.5) is 10.5 Å². The van der Waals surface area contributed by atoms with Gasteiger partial charge < -0.3 is 20.5 Å². The van der Waals surface area contributed by atoms with Crippen LogP contribution in [-0.2, 0) is 20.7 Å². The second-order valence-electron chi connectivity index (χ2n) is 6.75. The van der Waals surface area contributed by atoms with Gasteiger partial charge in [0.05, 0.1) is 26.1 Å². The van der Waals surface area contributed by atoms with Gasteiger partial charge in [0.15, 0.2) is 0 Å². The van der Waals surface area contributed by atoms with E-state index in [-0.39, 0.29) is 30.4 Å². The predicted molar refractivity (Wildman–Crippen MR) is 109 cm³/mol. The molecule has 1 saturated heterocycles. The van der Waals surface area contributed by atoms with E-state index in [0.29, 0.717) is 17.8 Å². The summed E-state index contributed by atoms with van der Waals surface area (Å²) >= 11 is 0. The third-order valence-electron chi connectivity index (χ3n) is 4.92. The van der Waals surface area contributed by atoms with Crippen LogP contribution in [0.3, 0.4) is 0 Å². The van der Waals surface area contributed by atoms with Gasteiger partial charge in [-0.25, -0.2) is 4.79 Å². The summed E-state index contributed by atoms with van der Waals surface area (Å²) in [5.74, 6) is -0.316. The first kappa shape index (κ1) is 20.3. The van der Waals surface area contributed by atoms with Gasteiger partial charge in [0, 0.05) is 11.3 Å². The third kappa shape index (κ3) is 4.55. The van der Waals surface area contributed by atoms with E-state index in [4.69, 9.17) is 15.9 Å². The van der Waals surface area contributed by atoms with Crippen molar-refractivity contribution in [1.29, 1.82) is 5.41 Å². The Morgan fingerprint density at radius 3 is 2.48 bits per heavy atom. The molecular formula is C21H24N4O4. The molecule has 0 bridgehead atoms. The van der Waals surface area contributed by atoms with Crippen LogP contribution in [0.15, 0.2) is 48.5 Å². The van der Waals surface area contributed by atoms with E-state index in [2.05, 4.69) is 10.1 Å². The molecule has 8 nitrogen and oxygen atoms in total. The highest BCUT2D eigenvalue weighted by Gasteiger charge is 2.37. The number of rotatable bonds is 7. The van der Waals surface area contributed by atoms with E-state index >= 15 is 0 Å². The molecule has 1 aliphatic heterocycles. The molecule has 1 heterocycles. The van der Waals surface area contributed by atoms with Gasteiger partial charge in [-0.3, -0.25) is 15.1 Å². The van der Waals surface area contributed by atoms with Crippen molar-refractivity contribution in [2.24, 2.45) is 5.73 Å². The fourth-order valence-electron chi connectivity index (χ4n) is 3.34. The van der Waals surface area contributed by atoms with Crippen LogP contribution in [0.1, 0.15) is 22.7 Å². The summed E-state index contributed by atoms with van der Waals surface area (Å²) in [4.78, 5) is 25.4. The Morgan fingerprint density at radius 1 is 1.28 bits per heavy atom. The Kier molecular flexibility index (Phi) is 6.13. The summed E-state index contributed by atoms with van der Waals surface area (Å²) < 4.78 is 10.3. The monoisotopic (exact) mass is 396 g/mol. The van der Waals surface area contributed by atoms with Crippen LogP contribution in [0, 0.1) is 5.41 Å². The zero-order valence-electron chi connectivity index (χ0n) is 16.3. The zero-order valence-corrected chi connectivity index (χ0v) is 16.3. The lowest BCUT2D eigenvalue weighted by atomic mass is 9.99. The summed E-state index contributed by atoms with van der Waals surface area (Å²) in [7, 11) is 3.17. The molecule has 0 saturated carbocycles. The van der Waals surface area contributed by atoms with Gasteiger partial charge in [-0.2, -0.15) is 0 Å². The standard InChI is InChI=1S/C21H24N4O4/c1-24-19(14-5-3-13(4-6-14)11-18(26)28-2)17-12-25(21(27)29-17)16-9-7-15(8-10-16)20(22)23/h3-10,17,19,24H,11-12H2,1-2H3,(H3,22,23). The van der Waals surface area contributed by atoms with E-state index in [1.807, 2.05) is 31.3 Å². The third-order valence-corrected chi connectivity index (χ3v) is 4.92. The first-order chi connectivity index (χ1) is 13.9.